The van der Waals surface area contributed by atoms with Crippen molar-refractivity contribution >= 4 is 17.3 Å². The number of aromatic carboxylic acids is 1. The Morgan fingerprint density at radius 2 is 2.22 bits per heavy atom. The van der Waals surface area contributed by atoms with Gasteiger partial charge in [0, 0.05) is 25.0 Å². The first kappa shape index (κ1) is 13.8. The van der Waals surface area contributed by atoms with Gasteiger partial charge in [0.1, 0.15) is 0 Å². The normalized spacial score (nSPS) is 11.7. The number of carboxylic acid groups (broad SMARTS) is 1. The van der Waals surface area contributed by atoms with Crippen LogP contribution in [0.3, 0.4) is 0 Å². The summed E-state index contributed by atoms with van der Waals surface area (Å²) in [6, 6.07) is 5.51. The van der Waals surface area contributed by atoms with Gasteiger partial charge in [-0.1, -0.05) is 0 Å². The number of anilines is 2. The maximum atomic E-state index is 11.1. The Bertz CT molecular complexity index is 506. The molecular weight excluding hydrogens is 230 g/mol. The molecule has 18 heavy (non-hydrogen) atoms. The summed E-state index contributed by atoms with van der Waals surface area (Å²) in [5.74, 6) is -1.17. The van der Waals surface area contributed by atoms with Gasteiger partial charge in [-0.3, -0.25) is 0 Å². The first-order chi connectivity index (χ1) is 8.36. The highest BCUT2D eigenvalue weighted by molar-refractivity contribution is 5.95. The van der Waals surface area contributed by atoms with Gasteiger partial charge >= 0.3 is 5.97 Å². The van der Waals surface area contributed by atoms with E-state index in [0.717, 1.165) is 11.3 Å². The van der Waals surface area contributed by atoms with Crippen LogP contribution >= 0.6 is 0 Å². The number of nitrogens with two attached hydrogens (primary N) is 1. The highest BCUT2D eigenvalue weighted by Crippen LogP contribution is 2.25. The molecule has 1 aromatic rings. The summed E-state index contributed by atoms with van der Waals surface area (Å²) in [6.07, 6.45) is 0. The van der Waals surface area contributed by atoms with Crippen LogP contribution in [-0.4, -0.2) is 24.7 Å². The third kappa shape index (κ3) is 2.92. The van der Waals surface area contributed by atoms with Crippen LogP contribution < -0.4 is 10.6 Å². The molecule has 96 valence electrons. The lowest BCUT2D eigenvalue weighted by Gasteiger charge is -2.22. The molecule has 1 atom stereocenters. The Morgan fingerprint density at radius 1 is 1.61 bits per heavy atom. The van der Waals surface area contributed by atoms with Gasteiger partial charge in [-0.15, -0.1) is 0 Å². The van der Waals surface area contributed by atoms with Crippen molar-refractivity contribution in [2.75, 3.05) is 24.2 Å². The Morgan fingerprint density at radius 3 is 2.72 bits per heavy atom. The zero-order valence-electron chi connectivity index (χ0n) is 10.8. The van der Waals surface area contributed by atoms with E-state index < -0.39 is 5.97 Å². The Balaban J connectivity index is 3.11. The topological polar surface area (TPSA) is 90.3 Å². The fourth-order valence-electron chi connectivity index (χ4n) is 1.73. The van der Waals surface area contributed by atoms with Gasteiger partial charge in [-0.05, 0) is 31.5 Å². The maximum Gasteiger partial charge on any atom is 0.337 e. The first-order valence-electron chi connectivity index (χ1n) is 5.61. The van der Waals surface area contributed by atoms with Crippen LogP contribution in [-0.2, 0) is 0 Å². The Labute approximate surface area is 106 Å². The monoisotopic (exact) mass is 247 g/mol. The van der Waals surface area contributed by atoms with E-state index in [0.29, 0.717) is 6.54 Å². The largest absolute Gasteiger partial charge is 0.478 e. The van der Waals surface area contributed by atoms with Crippen LogP contribution in [0, 0.1) is 24.2 Å². The maximum absolute atomic E-state index is 11.1. The predicted molar refractivity (Wildman–Crippen MR) is 70.6 cm³/mol. The minimum atomic E-state index is -1.04. The second-order valence-electron chi connectivity index (χ2n) is 4.44. The average Bonchev–Trinajstić information content (AvgIpc) is 2.31. The molecule has 3 N–H and O–H groups in total. The number of carbonyl (C=O) groups is 1. The van der Waals surface area contributed by atoms with Crippen LogP contribution in [0.5, 0.6) is 0 Å². The van der Waals surface area contributed by atoms with E-state index in [1.807, 2.05) is 24.9 Å². The van der Waals surface area contributed by atoms with Gasteiger partial charge in [0.25, 0.3) is 0 Å². The van der Waals surface area contributed by atoms with Crippen molar-refractivity contribution in [1.82, 2.24) is 0 Å². The minimum absolute atomic E-state index is 0.0986. The fraction of sp³-hybridized carbons (Fsp3) is 0.385. The lowest BCUT2D eigenvalue weighted by atomic mass is 10.1. The zero-order chi connectivity index (χ0) is 13.9. The van der Waals surface area contributed by atoms with Crippen molar-refractivity contribution in [3.8, 4) is 6.07 Å². The second kappa shape index (κ2) is 5.41. The number of carboxylic acids is 1. The Kier molecular flexibility index (Phi) is 4.16. The molecule has 0 spiro atoms. The summed E-state index contributed by atoms with van der Waals surface area (Å²) < 4.78 is 0. The molecule has 0 saturated carbocycles. The molecule has 0 amide bonds. The first-order valence-corrected chi connectivity index (χ1v) is 5.61. The molecule has 0 aliphatic heterocycles. The molecule has 0 saturated heterocycles. The van der Waals surface area contributed by atoms with E-state index in [1.54, 1.807) is 6.92 Å². The van der Waals surface area contributed by atoms with Crippen LogP contribution in [0.25, 0.3) is 0 Å². The molecule has 1 rings (SSSR count). The smallest absolute Gasteiger partial charge is 0.337 e. The van der Waals surface area contributed by atoms with Crippen LogP contribution in [0.15, 0.2) is 12.1 Å². The lowest BCUT2D eigenvalue weighted by Crippen LogP contribution is -2.23. The molecule has 0 radical (unpaired) electrons. The quantitative estimate of drug-likeness (QED) is 0.793. The lowest BCUT2D eigenvalue weighted by molar-refractivity contribution is 0.0698. The highest BCUT2D eigenvalue weighted by Gasteiger charge is 2.14. The summed E-state index contributed by atoms with van der Waals surface area (Å²) in [5, 5.41) is 17.9. The number of nitrogen functional groups attached to an aromatic ring is 1. The van der Waals surface area contributed by atoms with Gasteiger partial charge < -0.3 is 15.7 Å². The van der Waals surface area contributed by atoms with Gasteiger partial charge in [0.15, 0.2) is 0 Å². The van der Waals surface area contributed by atoms with E-state index in [2.05, 4.69) is 6.07 Å². The second-order valence-corrected chi connectivity index (χ2v) is 4.44. The van der Waals surface area contributed by atoms with Gasteiger partial charge in [0.2, 0.25) is 0 Å². The number of nitriles is 1. The average molecular weight is 247 g/mol. The van der Waals surface area contributed by atoms with Gasteiger partial charge in [-0.2, -0.15) is 5.26 Å². The summed E-state index contributed by atoms with van der Waals surface area (Å²) >= 11 is 0. The molecule has 0 aliphatic rings. The molecule has 0 heterocycles. The van der Waals surface area contributed by atoms with Crippen molar-refractivity contribution < 1.29 is 9.90 Å². The number of benzene rings is 1. The Hall–Kier alpha value is -2.22. The molecule has 0 bridgehead atoms. The van der Waals surface area contributed by atoms with Crippen molar-refractivity contribution in [3.05, 3.63) is 23.3 Å². The number of hydrogen-bond donors (Lipinski definition) is 2. The minimum Gasteiger partial charge on any atom is -0.478 e. The molecule has 0 aromatic heterocycles. The van der Waals surface area contributed by atoms with Crippen molar-refractivity contribution in [2.45, 2.75) is 13.8 Å². The van der Waals surface area contributed by atoms with Crippen LogP contribution in [0.2, 0.25) is 0 Å². The van der Waals surface area contributed by atoms with Crippen molar-refractivity contribution in [2.24, 2.45) is 5.92 Å². The SMILES string of the molecule is Cc1cc(N(C)CC(C)C#N)cc(C(=O)O)c1N. The van der Waals surface area contributed by atoms with Crippen molar-refractivity contribution in [1.29, 1.82) is 5.26 Å². The van der Waals surface area contributed by atoms with Crippen LogP contribution in [0.1, 0.15) is 22.8 Å². The molecule has 5 nitrogen and oxygen atoms in total. The van der Waals surface area contributed by atoms with E-state index in [9.17, 15) is 4.79 Å². The van der Waals surface area contributed by atoms with Gasteiger partial charge in [0.05, 0.1) is 17.6 Å². The number of hydrogen-bond acceptors (Lipinski definition) is 4. The third-order valence-corrected chi connectivity index (χ3v) is 2.81. The number of rotatable bonds is 4. The summed E-state index contributed by atoms with van der Waals surface area (Å²) in [6.45, 7) is 4.13. The summed E-state index contributed by atoms with van der Waals surface area (Å²) in [7, 11) is 1.82. The van der Waals surface area contributed by atoms with Crippen molar-refractivity contribution in [3.63, 3.8) is 0 Å². The molecular formula is C13H17N3O2. The molecule has 1 aromatic carbocycles. The third-order valence-electron chi connectivity index (χ3n) is 2.81. The highest BCUT2D eigenvalue weighted by atomic mass is 16.4. The van der Waals surface area contributed by atoms with Gasteiger partial charge in [-0.25, -0.2) is 4.79 Å². The molecule has 5 heteroatoms. The number of aryl methyl sites for hydroxylation is 1. The molecule has 0 aliphatic carbocycles. The van der Waals surface area contributed by atoms with Crippen LogP contribution in [0.4, 0.5) is 11.4 Å². The van der Waals surface area contributed by atoms with E-state index in [1.165, 1.54) is 6.07 Å². The molecule has 1 unspecified atom stereocenters. The summed E-state index contributed by atoms with van der Waals surface area (Å²) in [4.78, 5) is 12.9. The van der Waals surface area contributed by atoms with E-state index in [-0.39, 0.29) is 17.2 Å². The summed E-state index contributed by atoms with van der Waals surface area (Å²) in [5.41, 5.74) is 7.59. The standard InChI is InChI=1S/C13H17N3O2/c1-8(6-14)7-16(3)10-4-9(2)12(15)11(5-10)13(17)18/h4-5,8H,7,15H2,1-3H3,(H,17,18). The zero-order valence-corrected chi connectivity index (χ0v) is 10.8. The molecule has 0 fully saturated rings. The van der Waals surface area contributed by atoms with E-state index >= 15 is 0 Å². The number of nitrogens with zero attached hydrogens (tertiary/aromatic N) is 2. The fourth-order valence-corrected chi connectivity index (χ4v) is 1.73. The van der Waals surface area contributed by atoms with E-state index in [4.69, 9.17) is 16.1 Å². The predicted octanol–water partition coefficient (Wildman–Crippen LogP) is 1.87.